The van der Waals surface area contributed by atoms with Gasteiger partial charge in [-0.2, -0.15) is 4.68 Å². The molecule has 0 radical (unpaired) electrons. The van der Waals surface area contributed by atoms with Crippen LogP contribution in [0.1, 0.15) is 17.0 Å². The Bertz CT molecular complexity index is 1130. The molecule has 0 N–H and O–H groups in total. The summed E-state index contributed by atoms with van der Waals surface area (Å²) in [4.78, 5) is 16.9. The number of hydrogen-bond acceptors (Lipinski definition) is 6. The lowest BCUT2D eigenvalue weighted by molar-refractivity contribution is 0.756. The topological polar surface area (TPSA) is 78.0 Å². The van der Waals surface area contributed by atoms with E-state index in [1.165, 1.54) is 17.3 Å². The molecular formula is C18H16N6OS. The summed E-state index contributed by atoms with van der Waals surface area (Å²) >= 11 is 1.44. The van der Waals surface area contributed by atoms with E-state index in [1.807, 2.05) is 56.3 Å². The van der Waals surface area contributed by atoms with Gasteiger partial charge in [-0.1, -0.05) is 35.5 Å². The van der Waals surface area contributed by atoms with E-state index in [0.717, 1.165) is 11.4 Å². The minimum Gasteiger partial charge on any atom is -0.269 e. The van der Waals surface area contributed by atoms with Crippen LogP contribution >= 0.6 is 11.8 Å². The molecule has 130 valence electrons. The Balaban J connectivity index is 1.61. The highest BCUT2D eigenvalue weighted by Crippen LogP contribution is 2.21. The van der Waals surface area contributed by atoms with Crippen LogP contribution in [0, 0.1) is 13.8 Å². The Morgan fingerprint density at radius 3 is 2.69 bits per heavy atom. The normalized spacial score (nSPS) is 11.2. The number of aromatic nitrogens is 6. The number of tetrazole rings is 1. The largest absolute Gasteiger partial charge is 0.269 e. The molecule has 4 aromatic rings. The maximum Gasteiger partial charge on any atom is 0.258 e. The smallest absolute Gasteiger partial charge is 0.258 e. The van der Waals surface area contributed by atoms with Gasteiger partial charge < -0.3 is 0 Å². The summed E-state index contributed by atoms with van der Waals surface area (Å²) in [7, 11) is 0. The summed E-state index contributed by atoms with van der Waals surface area (Å²) in [6, 6.07) is 15.1. The molecule has 0 saturated carbocycles. The van der Waals surface area contributed by atoms with Crippen molar-refractivity contribution in [1.82, 2.24) is 29.6 Å². The van der Waals surface area contributed by atoms with Gasteiger partial charge in [-0.3, -0.25) is 9.20 Å². The Kier molecular flexibility index (Phi) is 4.26. The highest BCUT2D eigenvalue weighted by molar-refractivity contribution is 7.98. The number of hydrogen-bond donors (Lipinski definition) is 0. The van der Waals surface area contributed by atoms with Gasteiger partial charge in [-0.25, -0.2) is 4.98 Å². The average molecular weight is 364 g/mol. The van der Waals surface area contributed by atoms with E-state index >= 15 is 0 Å². The number of nitrogens with zero attached hydrogens (tertiary/aromatic N) is 6. The van der Waals surface area contributed by atoms with Gasteiger partial charge in [0.1, 0.15) is 5.65 Å². The van der Waals surface area contributed by atoms with Gasteiger partial charge in [0.05, 0.1) is 11.4 Å². The van der Waals surface area contributed by atoms with Crippen LogP contribution in [-0.2, 0) is 5.75 Å². The monoisotopic (exact) mass is 364 g/mol. The van der Waals surface area contributed by atoms with E-state index in [2.05, 4.69) is 20.5 Å². The molecule has 3 heterocycles. The number of pyridine rings is 1. The van der Waals surface area contributed by atoms with Crippen molar-refractivity contribution in [3.05, 3.63) is 75.8 Å². The molecular weight excluding hydrogens is 348 g/mol. The van der Waals surface area contributed by atoms with Crippen molar-refractivity contribution in [3.8, 4) is 5.69 Å². The minimum atomic E-state index is -0.0816. The van der Waals surface area contributed by atoms with E-state index in [4.69, 9.17) is 0 Å². The van der Waals surface area contributed by atoms with Gasteiger partial charge in [0.15, 0.2) is 0 Å². The SMILES string of the molecule is Cc1ccc(-n2nnnc2SCc2cc(=O)n3c(C)cccc3n2)cc1. The van der Waals surface area contributed by atoms with Crippen LogP contribution in [0.25, 0.3) is 11.3 Å². The van der Waals surface area contributed by atoms with E-state index < -0.39 is 0 Å². The van der Waals surface area contributed by atoms with E-state index in [0.29, 0.717) is 22.3 Å². The molecule has 0 aliphatic rings. The molecule has 8 heteroatoms. The molecule has 3 aromatic heterocycles. The molecule has 0 atom stereocenters. The third-order valence-corrected chi connectivity index (χ3v) is 4.95. The van der Waals surface area contributed by atoms with E-state index in [-0.39, 0.29) is 5.56 Å². The fourth-order valence-corrected chi connectivity index (χ4v) is 3.48. The second-order valence-corrected chi connectivity index (χ2v) is 6.89. The van der Waals surface area contributed by atoms with Crippen molar-refractivity contribution in [1.29, 1.82) is 0 Å². The molecule has 7 nitrogen and oxygen atoms in total. The molecule has 0 aliphatic carbocycles. The fraction of sp³-hybridized carbons (Fsp3) is 0.167. The molecule has 0 saturated heterocycles. The molecule has 0 amide bonds. The number of fused-ring (bicyclic) bond motifs is 1. The van der Waals surface area contributed by atoms with Gasteiger partial charge in [0, 0.05) is 17.5 Å². The van der Waals surface area contributed by atoms with Crippen molar-refractivity contribution in [3.63, 3.8) is 0 Å². The van der Waals surface area contributed by atoms with Crippen molar-refractivity contribution >= 4 is 17.4 Å². The fourth-order valence-electron chi connectivity index (χ4n) is 2.69. The second kappa shape index (κ2) is 6.72. The summed E-state index contributed by atoms with van der Waals surface area (Å²) in [6.07, 6.45) is 0. The first-order valence-corrected chi connectivity index (χ1v) is 9.07. The Labute approximate surface area is 153 Å². The first kappa shape index (κ1) is 16.5. The quantitative estimate of drug-likeness (QED) is 0.518. The van der Waals surface area contributed by atoms with Crippen molar-refractivity contribution in [2.45, 2.75) is 24.8 Å². The molecule has 0 unspecified atom stereocenters. The van der Waals surface area contributed by atoms with Crippen LogP contribution in [0.15, 0.2) is 58.5 Å². The third-order valence-electron chi connectivity index (χ3n) is 4.00. The van der Waals surface area contributed by atoms with Crippen LogP contribution in [-0.4, -0.2) is 29.6 Å². The lowest BCUT2D eigenvalue weighted by Gasteiger charge is -2.07. The third kappa shape index (κ3) is 3.11. The molecule has 0 spiro atoms. The Morgan fingerprint density at radius 2 is 1.88 bits per heavy atom. The molecule has 1 aromatic carbocycles. The van der Waals surface area contributed by atoms with Gasteiger partial charge in [-0.05, 0) is 48.5 Å². The summed E-state index contributed by atoms with van der Waals surface area (Å²) < 4.78 is 3.28. The van der Waals surface area contributed by atoms with Crippen molar-refractivity contribution in [2.75, 3.05) is 0 Å². The molecule has 0 bridgehead atoms. The summed E-state index contributed by atoms with van der Waals surface area (Å²) in [5.74, 6) is 0.506. The summed E-state index contributed by atoms with van der Waals surface area (Å²) in [5.41, 5.74) is 4.19. The maximum absolute atomic E-state index is 12.4. The van der Waals surface area contributed by atoms with Crippen LogP contribution in [0.5, 0.6) is 0 Å². The van der Waals surface area contributed by atoms with Crippen LogP contribution in [0.2, 0.25) is 0 Å². The average Bonchev–Trinajstić information content (AvgIpc) is 3.09. The van der Waals surface area contributed by atoms with Gasteiger partial charge in [0.25, 0.3) is 5.56 Å². The standard InChI is InChI=1S/C18H16N6OS/c1-12-6-8-15(9-7-12)24-18(20-21-22-24)26-11-14-10-17(25)23-13(2)4-3-5-16(23)19-14/h3-10H,11H2,1-2H3. The molecule has 0 fully saturated rings. The predicted molar refractivity (Wildman–Crippen MR) is 99.7 cm³/mol. The number of aryl methyl sites for hydroxylation is 2. The van der Waals surface area contributed by atoms with Gasteiger partial charge in [-0.15, -0.1) is 5.10 Å². The first-order chi connectivity index (χ1) is 12.6. The van der Waals surface area contributed by atoms with Crippen LogP contribution in [0.4, 0.5) is 0 Å². The number of rotatable bonds is 4. The first-order valence-electron chi connectivity index (χ1n) is 8.08. The van der Waals surface area contributed by atoms with Gasteiger partial charge >= 0.3 is 0 Å². The minimum absolute atomic E-state index is 0.0816. The van der Waals surface area contributed by atoms with Crippen molar-refractivity contribution in [2.24, 2.45) is 0 Å². The zero-order valence-corrected chi connectivity index (χ0v) is 15.1. The zero-order chi connectivity index (χ0) is 18.1. The molecule has 4 rings (SSSR count). The van der Waals surface area contributed by atoms with Crippen LogP contribution < -0.4 is 5.56 Å². The highest BCUT2D eigenvalue weighted by Gasteiger charge is 2.11. The Hall–Kier alpha value is -3.00. The lowest BCUT2D eigenvalue weighted by Crippen LogP contribution is -2.17. The van der Waals surface area contributed by atoms with E-state index in [9.17, 15) is 4.79 Å². The van der Waals surface area contributed by atoms with Crippen molar-refractivity contribution < 1.29 is 0 Å². The van der Waals surface area contributed by atoms with Crippen LogP contribution in [0.3, 0.4) is 0 Å². The highest BCUT2D eigenvalue weighted by atomic mass is 32.2. The number of benzene rings is 1. The second-order valence-electron chi connectivity index (χ2n) is 5.94. The van der Waals surface area contributed by atoms with E-state index in [1.54, 1.807) is 15.1 Å². The Morgan fingerprint density at radius 1 is 1.08 bits per heavy atom. The molecule has 26 heavy (non-hydrogen) atoms. The molecule has 0 aliphatic heterocycles. The summed E-state index contributed by atoms with van der Waals surface area (Å²) in [5, 5.41) is 12.6. The predicted octanol–water partition coefficient (Wildman–Crippen LogP) is 2.58. The lowest BCUT2D eigenvalue weighted by atomic mass is 10.2. The van der Waals surface area contributed by atoms with Gasteiger partial charge in [0.2, 0.25) is 5.16 Å². The zero-order valence-electron chi connectivity index (χ0n) is 14.3. The number of thioether (sulfide) groups is 1. The maximum atomic E-state index is 12.4. The summed E-state index contributed by atoms with van der Waals surface area (Å²) in [6.45, 7) is 3.92.